The lowest BCUT2D eigenvalue weighted by Gasteiger charge is -2.21. The van der Waals surface area contributed by atoms with Crippen molar-refractivity contribution in [1.29, 1.82) is 0 Å². The van der Waals surface area contributed by atoms with Gasteiger partial charge in [-0.2, -0.15) is 0 Å². The molecule has 0 bridgehead atoms. The Kier molecular flexibility index (Phi) is 7.92. The molecular formula is C21H27N3O4S. The predicted octanol–water partition coefficient (Wildman–Crippen LogP) is 3.05. The fourth-order valence-electron chi connectivity index (χ4n) is 2.93. The molecule has 2 atom stereocenters. The van der Waals surface area contributed by atoms with Gasteiger partial charge in [0.1, 0.15) is 5.00 Å². The van der Waals surface area contributed by atoms with Crippen LogP contribution in [0.3, 0.4) is 0 Å². The van der Waals surface area contributed by atoms with Gasteiger partial charge in [0.15, 0.2) is 0 Å². The van der Waals surface area contributed by atoms with Crippen LogP contribution in [-0.2, 0) is 9.53 Å². The van der Waals surface area contributed by atoms with Gasteiger partial charge in [0, 0.05) is 6.04 Å². The van der Waals surface area contributed by atoms with Crippen LogP contribution in [0.15, 0.2) is 30.3 Å². The van der Waals surface area contributed by atoms with Gasteiger partial charge in [-0.25, -0.2) is 4.79 Å². The summed E-state index contributed by atoms with van der Waals surface area (Å²) >= 11 is 0.979. The molecule has 0 fully saturated rings. The fourth-order valence-corrected chi connectivity index (χ4v) is 4.00. The fraction of sp³-hybridized carbons (Fsp3) is 0.381. The number of hydrogen-bond acceptors (Lipinski definition) is 6. The summed E-state index contributed by atoms with van der Waals surface area (Å²) in [6.07, 6.45) is 0. The highest BCUT2D eigenvalue weighted by Crippen LogP contribution is 2.33. The van der Waals surface area contributed by atoms with Crippen LogP contribution in [0.2, 0.25) is 0 Å². The number of carbonyl (C=O) groups is 3. The maximum absolute atomic E-state index is 12.5. The molecule has 29 heavy (non-hydrogen) atoms. The highest BCUT2D eigenvalue weighted by atomic mass is 32.1. The molecule has 0 saturated heterocycles. The van der Waals surface area contributed by atoms with Crippen molar-refractivity contribution < 1.29 is 19.1 Å². The molecule has 0 aliphatic heterocycles. The van der Waals surface area contributed by atoms with E-state index in [1.165, 1.54) is 5.56 Å². The molecule has 2 amide bonds. The number of esters is 1. The lowest BCUT2D eigenvalue weighted by Crippen LogP contribution is -2.37. The van der Waals surface area contributed by atoms with Crippen LogP contribution in [0.5, 0.6) is 0 Å². The van der Waals surface area contributed by atoms with Crippen molar-refractivity contribution in [1.82, 2.24) is 5.32 Å². The molecule has 156 valence electrons. The van der Waals surface area contributed by atoms with Crippen LogP contribution in [0.4, 0.5) is 5.00 Å². The molecule has 2 aromatic rings. The number of nitrogens with two attached hydrogens (primary N) is 1. The molecule has 1 heterocycles. The van der Waals surface area contributed by atoms with Gasteiger partial charge in [0.25, 0.3) is 5.91 Å². The van der Waals surface area contributed by atoms with Gasteiger partial charge < -0.3 is 21.1 Å². The minimum atomic E-state index is -0.651. The first-order chi connectivity index (χ1) is 13.8. The number of rotatable bonds is 9. The summed E-state index contributed by atoms with van der Waals surface area (Å²) in [4.78, 5) is 36.6. The van der Waals surface area contributed by atoms with Crippen LogP contribution in [0.25, 0.3) is 0 Å². The Morgan fingerprint density at radius 2 is 1.83 bits per heavy atom. The van der Waals surface area contributed by atoms with E-state index in [0.29, 0.717) is 5.56 Å². The minimum absolute atomic E-state index is 0.0546. The molecule has 4 N–H and O–H groups in total. The molecule has 0 aliphatic carbocycles. The zero-order valence-electron chi connectivity index (χ0n) is 17.1. The van der Waals surface area contributed by atoms with Crippen LogP contribution in [-0.4, -0.2) is 37.0 Å². The van der Waals surface area contributed by atoms with Crippen molar-refractivity contribution in [2.24, 2.45) is 5.73 Å². The van der Waals surface area contributed by atoms with E-state index in [1.54, 1.807) is 13.8 Å². The smallest absolute Gasteiger partial charge is 0.341 e. The molecule has 0 spiro atoms. The van der Waals surface area contributed by atoms with Gasteiger partial charge in [-0.1, -0.05) is 37.3 Å². The average Bonchev–Trinajstić information content (AvgIpc) is 3.02. The van der Waals surface area contributed by atoms with Crippen molar-refractivity contribution >= 4 is 34.1 Å². The largest absolute Gasteiger partial charge is 0.462 e. The van der Waals surface area contributed by atoms with Crippen LogP contribution >= 0.6 is 11.3 Å². The quantitative estimate of drug-likeness (QED) is 0.543. The van der Waals surface area contributed by atoms with E-state index in [1.807, 2.05) is 37.3 Å². The van der Waals surface area contributed by atoms with E-state index < -0.39 is 11.9 Å². The normalized spacial score (nSPS) is 12.8. The first kappa shape index (κ1) is 22.6. The predicted molar refractivity (Wildman–Crippen MR) is 114 cm³/mol. The SMILES string of the molecule is CCOC(=O)c1c(NC(=O)CNC(C)C(C)c2ccccc2)sc(C(N)=O)c1C. The van der Waals surface area contributed by atoms with Crippen molar-refractivity contribution in [3.05, 3.63) is 51.9 Å². The second-order valence-electron chi connectivity index (χ2n) is 6.76. The highest BCUT2D eigenvalue weighted by molar-refractivity contribution is 7.18. The summed E-state index contributed by atoms with van der Waals surface area (Å²) in [5.74, 6) is -1.35. The Morgan fingerprint density at radius 1 is 1.17 bits per heavy atom. The molecule has 1 aromatic heterocycles. The zero-order valence-corrected chi connectivity index (χ0v) is 17.9. The third-order valence-electron chi connectivity index (χ3n) is 4.76. The van der Waals surface area contributed by atoms with E-state index in [9.17, 15) is 14.4 Å². The molecular weight excluding hydrogens is 390 g/mol. The number of nitrogens with one attached hydrogen (secondary N) is 2. The molecule has 7 nitrogen and oxygen atoms in total. The van der Waals surface area contributed by atoms with Gasteiger partial charge in [-0.3, -0.25) is 9.59 Å². The molecule has 0 aliphatic rings. The van der Waals surface area contributed by atoms with Gasteiger partial charge in [0.05, 0.1) is 23.6 Å². The lowest BCUT2D eigenvalue weighted by atomic mass is 9.94. The Bertz CT molecular complexity index is 880. The number of amides is 2. The first-order valence-electron chi connectivity index (χ1n) is 9.44. The van der Waals surface area contributed by atoms with Crippen LogP contribution < -0.4 is 16.4 Å². The third-order valence-corrected chi connectivity index (χ3v) is 5.98. The van der Waals surface area contributed by atoms with E-state index in [2.05, 4.69) is 17.6 Å². The second-order valence-corrected chi connectivity index (χ2v) is 7.78. The standard InChI is InChI=1S/C21H27N3O4S/c1-5-28-21(27)17-13(3)18(19(22)26)29-20(17)24-16(25)11-23-14(4)12(2)15-9-7-6-8-10-15/h6-10,12,14,23H,5,11H2,1-4H3,(H2,22,26)(H,24,25). The van der Waals surface area contributed by atoms with Crippen LogP contribution in [0.1, 0.15) is 57.8 Å². The number of hydrogen-bond donors (Lipinski definition) is 3. The third kappa shape index (κ3) is 5.65. The van der Waals surface area contributed by atoms with Crippen molar-refractivity contribution in [2.75, 3.05) is 18.5 Å². The molecule has 1 aromatic carbocycles. The first-order valence-corrected chi connectivity index (χ1v) is 10.3. The Balaban J connectivity index is 2.07. The summed E-state index contributed by atoms with van der Waals surface area (Å²) in [5.41, 5.74) is 7.14. The maximum Gasteiger partial charge on any atom is 0.341 e. The summed E-state index contributed by atoms with van der Waals surface area (Å²) in [6, 6.07) is 10.1. The number of benzene rings is 1. The van der Waals surface area contributed by atoms with Gasteiger partial charge in [0.2, 0.25) is 5.91 Å². The molecule has 0 radical (unpaired) electrons. The second kappa shape index (κ2) is 10.2. The summed E-state index contributed by atoms with van der Waals surface area (Å²) in [5, 5.41) is 6.18. The summed E-state index contributed by atoms with van der Waals surface area (Å²) in [7, 11) is 0. The number of carbonyl (C=O) groups excluding carboxylic acids is 3. The maximum atomic E-state index is 12.5. The number of ether oxygens (including phenoxy) is 1. The minimum Gasteiger partial charge on any atom is -0.462 e. The van der Waals surface area contributed by atoms with Gasteiger partial charge in [-0.15, -0.1) is 11.3 Å². The molecule has 2 unspecified atom stereocenters. The lowest BCUT2D eigenvalue weighted by molar-refractivity contribution is -0.115. The van der Waals surface area contributed by atoms with Crippen molar-refractivity contribution in [3.63, 3.8) is 0 Å². The average molecular weight is 418 g/mol. The van der Waals surface area contributed by atoms with E-state index >= 15 is 0 Å². The number of primary amides is 1. The van der Waals surface area contributed by atoms with E-state index in [-0.39, 0.29) is 46.5 Å². The summed E-state index contributed by atoms with van der Waals surface area (Å²) < 4.78 is 5.05. The molecule has 0 saturated carbocycles. The van der Waals surface area contributed by atoms with E-state index in [4.69, 9.17) is 10.5 Å². The monoisotopic (exact) mass is 417 g/mol. The van der Waals surface area contributed by atoms with E-state index in [0.717, 1.165) is 11.3 Å². The van der Waals surface area contributed by atoms with Crippen molar-refractivity contribution in [3.8, 4) is 0 Å². The Morgan fingerprint density at radius 3 is 2.41 bits per heavy atom. The Hall–Kier alpha value is -2.71. The van der Waals surface area contributed by atoms with Crippen molar-refractivity contribution in [2.45, 2.75) is 39.7 Å². The highest BCUT2D eigenvalue weighted by Gasteiger charge is 2.25. The topological polar surface area (TPSA) is 111 Å². The zero-order chi connectivity index (χ0) is 21.6. The summed E-state index contributed by atoms with van der Waals surface area (Å²) in [6.45, 7) is 7.64. The van der Waals surface area contributed by atoms with Gasteiger partial charge in [-0.05, 0) is 37.8 Å². The van der Waals surface area contributed by atoms with Crippen LogP contribution in [0, 0.1) is 6.92 Å². The number of anilines is 1. The van der Waals surface area contributed by atoms with Gasteiger partial charge >= 0.3 is 5.97 Å². The molecule has 2 rings (SSSR count). The Labute approximate surface area is 174 Å². The number of thiophene rings is 1. The molecule has 8 heteroatoms.